The van der Waals surface area contributed by atoms with Crippen molar-refractivity contribution in [2.24, 2.45) is 0 Å². The number of alkyl halides is 1. The Morgan fingerprint density at radius 1 is 1.25 bits per heavy atom. The smallest absolute Gasteiger partial charge is 0.101 e. The number of fused-ring (bicyclic) bond motifs is 1. The van der Waals surface area contributed by atoms with E-state index in [1.807, 2.05) is 18.2 Å². The average molecular weight is 249 g/mol. The third-order valence-corrected chi connectivity index (χ3v) is 4.03. The van der Waals surface area contributed by atoms with Crippen LogP contribution in [0.2, 0.25) is 0 Å². The summed E-state index contributed by atoms with van der Waals surface area (Å²) in [7, 11) is 0. The molecule has 0 amide bonds. The number of rotatable bonds is 2. The molecule has 0 radical (unpaired) electrons. The van der Waals surface area contributed by atoms with E-state index in [1.165, 1.54) is 10.1 Å². The summed E-state index contributed by atoms with van der Waals surface area (Å²) in [6, 6.07) is 10.2. The summed E-state index contributed by atoms with van der Waals surface area (Å²) in [5.41, 5.74) is 2.08. The Morgan fingerprint density at radius 3 is 2.94 bits per heavy atom. The first kappa shape index (κ1) is 9.87. The predicted molar refractivity (Wildman–Crippen MR) is 68.1 cm³/mol. The number of aromatic amines is 1. The molecule has 0 aliphatic heterocycles. The van der Waals surface area contributed by atoms with E-state index in [4.69, 9.17) is 11.6 Å². The van der Waals surface area contributed by atoms with Crippen molar-refractivity contribution in [2.45, 2.75) is 5.38 Å². The van der Waals surface area contributed by atoms with Gasteiger partial charge in [-0.2, -0.15) is 5.10 Å². The minimum atomic E-state index is -0.154. The molecule has 16 heavy (non-hydrogen) atoms. The van der Waals surface area contributed by atoms with Gasteiger partial charge in [-0.3, -0.25) is 5.10 Å². The zero-order valence-electron chi connectivity index (χ0n) is 8.35. The summed E-state index contributed by atoms with van der Waals surface area (Å²) in [5.74, 6) is 0. The lowest BCUT2D eigenvalue weighted by Gasteiger charge is -2.05. The molecule has 0 saturated carbocycles. The maximum Gasteiger partial charge on any atom is 0.101 e. The van der Waals surface area contributed by atoms with E-state index in [9.17, 15) is 0 Å². The molecule has 0 saturated heterocycles. The van der Waals surface area contributed by atoms with Crippen molar-refractivity contribution in [3.8, 4) is 0 Å². The highest BCUT2D eigenvalue weighted by Crippen LogP contribution is 2.36. The number of H-pyrrole nitrogens is 1. The molecule has 4 heteroatoms. The topological polar surface area (TPSA) is 28.7 Å². The Balaban J connectivity index is 2.12. The lowest BCUT2D eigenvalue weighted by molar-refractivity contribution is 0.984. The van der Waals surface area contributed by atoms with Gasteiger partial charge < -0.3 is 0 Å². The van der Waals surface area contributed by atoms with Gasteiger partial charge in [-0.15, -0.1) is 22.9 Å². The maximum absolute atomic E-state index is 6.43. The number of benzene rings is 1. The first-order valence-electron chi connectivity index (χ1n) is 4.96. The molecule has 0 aliphatic rings. The van der Waals surface area contributed by atoms with Gasteiger partial charge in [0.1, 0.15) is 5.38 Å². The van der Waals surface area contributed by atoms with Crippen LogP contribution in [0.3, 0.4) is 0 Å². The quantitative estimate of drug-likeness (QED) is 0.684. The Labute approximate surface area is 102 Å². The van der Waals surface area contributed by atoms with Crippen LogP contribution in [0.1, 0.15) is 16.6 Å². The van der Waals surface area contributed by atoms with Crippen LogP contribution in [-0.4, -0.2) is 10.2 Å². The van der Waals surface area contributed by atoms with Crippen LogP contribution in [0.4, 0.5) is 0 Å². The normalized spacial score (nSPS) is 13.1. The Bertz CT molecular complexity index is 600. The van der Waals surface area contributed by atoms with E-state index in [2.05, 4.69) is 27.7 Å². The van der Waals surface area contributed by atoms with E-state index >= 15 is 0 Å². The highest BCUT2D eigenvalue weighted by Gasteiger charge is 2.15. The van der Waals surface area contributed by atoms with Crippen molar-refractivity contribution in [2.75, 3.05) is 0 Å². The van der Waals surface area contributed by atoms with Gasteiger partial charge in [0.05, 0.1) is 5.69 Å². The van der Waals surface area contributed by atoms with E-state index in [0.29, 0.717) is 0 Å². The highest BCUT2D eigenvalue weighted by molar-refractivity contribution is 7.17. The largest absolute Gasteiger partial charge is 0.281 e. The molecule has 2 nitrogen and oxygen atoms in total. The van der Waals surface area contributed by atoms with Crippen molar-refractivity contribution in [1.29, 1.82) is 0 Å². The predicted octanol–water partition coefficient (Wildman–Crippen LogP) is 3.95. The van der Waals surface area contributed by atoms with Gasteiger partial charge in [-0.1, -0.05) is 18.2 Å². The number of thiophene rings is 1. The molecular weight excluding hydrogens is 240 g/mol. The van der Waals surface area contributed by atoms with Gasteiger partial charge in [-0.05, 0) is 28.5 Å². The third kappa shape index (κ3) is 1.52. The summed E-state index contributed by atoms with van der Waals surface area (Å²) < 4.78 is 1.27. The molecule has 1 aromatic carbocycles. The van der Waals surface area contributed by atoms with Crippen LogP contribution in [0.25, 0.3) is 10.1 Å². The first-order chi connectivity index (χ1) is 7.86. The monoisotopic (exact) mass is 248 g/mol. The minimum absolute atomic E-state index is 0.154. The van der Waals surface area contributed by atoms with Gasteiger partial charge in [0.2, 0.25) is 0 Å². The van der Waals surface area contributed by atoms with Gasteiger partial charge in [0.15, 0.2) is 0 Å². The van der Waals surface area contributed by atoms with E-state index in [1.54, 1.807) is 17.5 Å². The van der Waals surface area contributed by atoms with Crippen LogP contribution in [0, 0.1) is 0 Å². The van der Waals surface area contributed by atoms with Crippen molar-refractivity contribution >= 4 is 33.0 Å². The van der Waals surface area contributed by atoms with Gasteiger partial charge in [0.25, 0.3) is 0 Å². The Hall–Kier alpha value is -1.32. The summed E-state index contributed by atoms with van der Waals surface area (Å²) in [4.78, 5) is 0. The van der Waals surface area contributed by atoms with Crippen LogP contribution in [0.15, 0.2) is 41.9 Å². The van der Waals surface area contributed by atoms with Crippen molar-refractivity contribution in [1.82, 2.24) is 10.2 Å². The highest BCUT2D eigenvalue weighted by atomic mass is 35.5. The molecule has 1 N–H and O–H groups in total. The van der Waals surface area contributed by atoms with Crippen LogP contribution in [-0.2, 0) is 0 Å². The molecule has 2 heterocycles. The summed E-state index contributed by atoms with van der Waals surface area (Å²) in [5, 5.41) is 10.0. The SMILES string of the molecule is ClC(c1ccn[nH]1)c1csc2ccccc12. The minimum Gasteiger partial charge on any atom is -0.281 e. The summed E-state index contributed by atoms with van der Waals surface area (Å²) in [6.45, 7) is 0. The average Bonchev–Trinajstić information content (AvgIpc) is 2.98. The first-order valence-corrected chi connectivity index (χ1v) is 6.27. The van der Waals surface area contributed by atoms with Crippen molar-refractivity contribution in [3.05, 3.63) is 53.2 Å². The van der Waals surface area contributed by atoms with Crippen LogP contribution in [0.5, 0.6) is 0 Å². The lowest BCUT2D eigenvalue weighted by atomic mass is 10.1. The van der Waals surface area contributed by atoms with Gasteiger partial charge in [-0.25, -0.2) is 0 Å². The number of nitrogens with zero attached hydrogens (tertiary/aromatic N) is 1. The molecule has 0 fully saturated rings. The molecule has 2 aromatic heterocycles. The summed E-state index contributed by atoms with van der Waals surface area (Å²) in [6.07, 6.45) is 1.72. The fourth-order valence-electron chi connectivity index (χ4n) is 1.77. The zero-order valence-corrected chi connectivity index (χ0v) is 9.92. The zero-order chi connectivity index (χ0) is 11.0. The number of halogens is 1. The number of hydrogen-bond acceptors (Lipinski definition) is 2. The standard InChI is InChI=1S/C12H9ClN2S/c13-12(10-5-6-14-15-10)9-7-16-11-4-2-1-3-8(9)11/h1-7,12H,(H,14,15). The fourth-order valence-corrected chi connectivity index (χ4v) is 3.13. The van der Waals surface area contributed by atoms with E-state index in [-0.39, 0.29) is 5.38 Å². The van der Waals surface area contributed by atoms with Crippen molar-refractivity contribution < 1.29 is 0 Å². The number of aromatic nitrogens is 2. The Kier molecular flexibility index (Phi) is 2.42. The maximum atomic E-state index is 6.43. The van der Waals surface area contributed by atoms with Gasteiger partial charge >= 0.3 is 0 Å². The molecule has 3 rings (SSSR count). The molecule has 3 aromatic rings. The van der Waals surface area contributed by atoms with E-state index in [0.717, 1.165) is 11.3 Å². The van der Waals surface area contributed by atoms with Crippen LogP contribution >= 0.6 is 22.9 Å². The molecule has 80 valence electrons. The molecule has 1 unspecified atom stereocenters. The van der Waals surface area contributed by atoms with Gasteiger partial charge in [0, 0.05) is 10.9 Å². The molecular formula is C12H9ClN2S. The second kappa shape index (κ2) is 3.92. The van der Waals surface area contributed by atoms with Crippen LogP contribution < -0.4 is 0 Å². The second-order valence-corrected chi connectivity index (χ2v) is 4.91. The molecule has 0 spiro atoms. The number of hydrogen-bond donors (Lipinski definition) is 1. The molecule has 0 bridgehead atoms. The Morgan fingerprint density at radius 2 is 2.12 bits per heavy atom. The number of nitrogens with one attached hydrogen (secondary N) is 1. The van der Waals surface area contributed by atoms with E-state index < -0.39 is 0 Å². The second-order valence-electron chi connectivity index (χ2n) is 3.56. The third-order valence-electron chi connectivity index (χ3n) is 2.58. The van der Waals surface area contributed by atoms with Crippen molar-refractivity contribution in [3.63, 3.8) is 0 Å². The molecule has 1 atom stereocenters. The lowest BCUT2D eigenvalue weighted by Crippen LogP contribution is -1.92. The summed E-state index contributed by atoms with van der Waals surface area (Å²) >= 11 is 8.15. The fraction of sp³-hybridized carbons (Fsp3) is 0.0833. The molecule has 0 aliphatic carbocycles.